The molecule has 1 fully saturated rings. The SMILES string of the molecule is Cl.NC1CCCN(C(=O)c2cc(-c3ccc(Cl)s3)on2)C1. The van der Waals surface area contributed by atoms with E-state index in [-0.39, 0.29) is 24.4 Å². The number of piperidine rings is 1. The van der Waals surface area contributed by atoms with Crippen molar-refractivity contribution in [2.24, 2.45) is 5.73 Å². The number of nitrogens with zero attached hydrogens (tertiary/aromatic N) is 2. The summed E-state index contributed by atoms with van der Waals surface area (Å²) in [6.45, 7) is 1.30. The van der Waals surface area contributed by atoms with Gasteiger partial charge in [0, 0.05) is 25.2 Å². The number of thiophene rings is 1. The number of carbonyl (C=O) groups is 1. The molecule has 0 saturated carbocycles. The van der Waals surface area contributed by atoms with Crippen LogP contribution in [-0.2, 0) is 0 Å². The standard InChI is InChI=1S/C13H14ClN3O2S.ClH/c14-12-4-3-11(20-12)10-6-9(16-19-10)13(18)17-5-1-2-8(15)7-17;/h3-4,6,8H,1-2,5,7,15H2;1H. The summed E-state index contributed by atoms with van der Waals surface area (Å²) in [6.07, 6.45) is 1.89. The van der Waals surface area contributed by atoms with E-state index in [2.05, 4.69) is 5.16 Å². The predicted molar refractivity (Wildman–Crippen MR) is 85.2 cm³/mol. The van der Waals surface area contributed by atoms with E-state index in [4.69, 9.17) is 21.9 Å². The van der Waals surface area contributed by atoms with Crippen LogP contribution in [0.15, 0.2) is 22.7 Å². The molecule has 0 radical (unpaired) electrons. The van der Waals surface area contributed by atoms with Gasteiger partial charge in [0.2, 0.25) is 0 Å². The van der Waals surface area contributed by atoms with Crippen molar-refractivity contribution in [3.63, 3.8) is 0 Å². The summed E-state index contributed by atoms with van der Waals surface area (Å²) in [7, 11) is 0. The first-order valence-corrected chi connectivity index (χ1v) is 7.60. The van der Waals surface area contributed by atoms with Crippen LogP contribution in [-0.4, -0.2) is 35.1 Å². The second-order valence-corrected chi connectivity index (χ2v) is 6.55. The Morgan fingerprint density at radius 2 is 2.33 bits per heavy atom. The maximum absolute atomic E-state index is 12.3. The molecule has 1 aliphatic heterocycles. The summed E-state index contributed by atoms with van der Waals surface area (Å²) in [5.74, 6) is 0.435. The maximum atomic E-state index is 12.3. The predicted octanol–water partition coefficient (Wildman–Crippen LogP) is 3.04. The van der Waals surface area contributed by atoms with Gasteiger partial charge in [-0.2, -0.15) is 0 Å². The van der Waals surface area contributed by atoms with E-state index >= 15 is 0 Å². The minimum atomic E-state index is -0.127. The Kier molecular flexibility index (Phi) is 5.27. The number of hydrogen-bond donors (Lipinski definition) is 1. The molecule has 3 heterocycles. The van der Waals surface area contributed by atoms with Gasteiger partial charge in [-0.05, 0) is 25.0 Å². The molecule has 114 valence electrons. The van der Waals surface area contributed by atoms with Gasteiger partial charge in [-0.25, -0.2) is 0 Å². The number of halogens is 2. The molecule has 0 aliphatic carbocycles. The number of nitrogens with two attached hydrogens (primary N) is 1. The van der Waals surface area contributed by atoms with E-state index in [1.807, 2.05) is 6.07 Å². The van der Waals surface area contributed by atoms with Gasteiger partial charge in [-0.1, -0.05) is 16.8 Å². The number of aromatic nitrogens is 1. The third-order valence-electron chi connectivity index (χ3n) is 3.29. The lowest BCUT2D eigenvalue weighted by molar-refractivity contribution is 0.0698. The van der Waals surface area contributed by atoms with Crippen LogP contribution < -0.4 is 5.73 Å². The van der Waals surface area contributed by atoms with Crippen molar-refractivity contribution in [2.45, 2.75) is 18.9 Å². The van der Waals surface area contributed by atoms with E-state index in [0.29, 0.717) is 22.3 Å². The van der Waals surface area contributed by atoms with Crippen molar-refractivity contribution in [1.29, 1.82) is 0 Å². The number of rotatable bonds is 2. The van der Waals surface area contributed by atoms with Crippen LogP contribution in [0.2, 0.25) is 4.34 Å². The lowest BCUT2D eigenvalue weighted by Gasteiger charge is -2.29. The first kappa shape index (κ1) is 16.3. The summed E-state index contributed by atoms with van der Waals surface area (Å²) in [6, 6.07) is 5.34. The van der Waals surface area contributed by atoms with E-state index in [1.165, 1.54) is 11.3 Å². The molecular formula is C13H15Cl2N3O2S. The molecule has 1 aliphatic rings. The third kappa shape index (κ3) is 3.58. The van der Waals surface area contributed by atoms with Gasteiger partial charge in [0.1, 0.15) is 0 Å². The summed E-state index contributed by atoms with van der Waals surface area (Å²) in [5.41, 5.74) is 6.21. The van der Waals surface area contributed by atoms with Crippen LogP contribution in [0.25, 0.3) is 10.6 Å². The van der Waals surface area contributed by atoms with Gasteiger partial charge in [-0.3, -0.25) is 4.79 Å². The smallest absolute Gasteiger partial charge is 0.276 e. The molecule has 1 saturated heterocycles. The Labute approximate surface area is 137 Å². The molecule has 1 amide bonds. The van der Waals surface area contributed by atoms with Crippen molar-refractivity contribution in [2.75, 3.05) is 13.1 Å². The van der Waals surface area contributed by atoms with E-state index < -0.39 is 0 Å². The van der Waals surface area contributed by atoms with Crippen LogP contribution in [0.5, 0.6) is 0 Å². The quantitative estimate of drug-likeness (QED) is 0.905. The number of likely N-dealkylation sites (tertiary alicyclic amines) is 1. The minimum Gasteiger partial charge on any atom is -0.355 e. The van der Waals surface area contributed by atoms with Gasteiger partial charge >= 0.3 is 0 Å². The molecule has 1 unspecified atom stereocenters. The molecule has 1 atom stereocenters. The molecule has 2 aromatic heterocycles. The van der Waals surface area contributed by atoms with Gasteiger partial charge in [0.05, 0.1) is 9.21 Å². The molecule has 8 heteroatoms. The highest BCUT2D eigenvalue weighted by molar-refractivity contribution is 7.19. The van der Waals surface area contributed by atoms with E-state index in [9.17, 15) is 4.79 Å². The summed E-state index contributed by atoms with van der Waals surface area (Å²) >= 11 is 7.27. The fourth-order valence-electron chi connectivity index (χ4n) is 2.30. The zero-order chi connectivity index (χ0) is 14.1. The van der Waals surface area contributed by atoms with E-state index in [1.54, 1.807) is 17.0 Å². The summed E-state index contributed by atoms with van der Waals surface area (Å²) in [4.78, 5) is 14.9. The van der Waals surface area contributed by atoms with Gasteiger partial charge in [0.15, 0.2) is 11.5 Å². The topological polar surface area (TPSA) is 72.4 Å². The van der Waals surface area contributed by atoms with E-state index in [0.717, 1.165) is 24.3 Å². The highest BCUT2D eigenvalue weighted by Crippen LogP contribution is 2.31. The molecule has 5 nitrogen and oxygen atoms in total. The maximum Gasteiger partial charge on any atom is 0.276 e. The number of amides is 1. The van der Waals surface area contributed by atoms with Crippen LogP contribution in [0, 0.1) is 0 Å². The zero-order valence-electron chi connectivity index (χ0n) is 11.1. The van der Waals surface area contributed by atoms with Crippen LogP contribution in [0.4, 0.5) is 0 Å². The Bertz CT molecular complexity index is 628. The Morgan fingerprint density at radius 1 is 1.52 bits per heavy atom. The van der Waals surface area contributed by atoms with Gasteiger partial charge in [-0.15, -0.1) is 23.7 Å². The average molecular weight is 348 g/mol. The monoisotopic (exact) mass is 347 g/mol. The molecular weight excluding hydrogens is 333 g/mol. The van der Waals surface area contributed by atoms with Gasteiger partial charge < -0.3 is 15.2 Å². The molecule has 0 spiro atoms. The third-order valence-corrected chi connectivity index (χ3v) is 4.54. The lowest BCUT2D eigenvalue weighted by atomic mass is 10.1. The lowest BCUT2D eigenvalue weighted by Crippen LogP contribution is -2.45. The minimum absolute atomic E-state index is 0. The average Bonchev–Trinajstić information content (AvgIpc) is 3.06. The zero-order valence-corrected chi connectivity index (χ0v) is 13.5. The summed E-state index contributed by atoms with van der Waals surface area (Å²) < 4.78 is 5.90. The number of hydrogen-bond acceptors (Lipinski definition) is 5. The molecule has 2 N–H and O–H groups in total. The van der Waals surface area contributed by atoms with Gasteiger partial charge in [0.25, 0.3) is 5.91 Å². The highest BCUT2D eigenvalue weighted by Gasteiger charge is 2.25. The Balaban J connectivity index is 0.00000161. The fraction of sp³-hybridized carbons (Fsp3) is 0.385. The first-order chi connectivity index (χ1) is 9.63. The fourth-order valence-corrected chi connectivity index (χ4v) is 3.29. The second-order valence-electron chi connectivity index (χ2n) is 4.83. The van der Waals surface area contributed by atoms with Crippen molar-refractivity contribution in [3.8, 4) is 10.6 Å². The molecule has 21 heavy (non-hydrogen) atoms. The molecule has 3 rings (SSSR count). The Hall–Kier alpha value is -1.08. The summed E-state index contributed by atoms with van der Waals surface area (Å²) in [5, 5.41) is 3.86. The molecule has 0 bridgehead atoms. The largest absolute Gasteiger partial charge is 0.355 e. The van der Waals surface area contributed by atoms with Crippen LogP contribution in [0.1, 0.15) is 23.3 Å². The van der Waals surface area contributed by atoms with Crippen LogP contribution in [0.3, 0.4) is 0 Å². The molecule has 2 aromatic rings. The van der Waals surface area contributed by atoms with Crippen LogP contribution >= 0.6 is 35.3 Å². The molecule has 0 aromatic carbocycles. The first-order valence-electron chi connectivity index (χ1n) is 6.41. The van der Waals surface area contributed by atoms with Crippen molar-refractivity contribution < 1.29 is 9.32 Å². The Morgan fingerprint density at radius 3 is 3.00 bits per heavy atom. The normalized spacial score (nSPS) is 18.4. The van der Waals surface area contributed by atoms with Crippen molar-refractivity contribution >= 4 is 41.3 Å². The highest BCUT2D eigenvalue weighted by atomic mass is 35.5. The number of carbonyl (C=O) groups excluding carboxylic acids is 1. The second kappa shape index (κ2) is 6.79. The van der Waals surface area contributed by atoms with Crippen molar-refractivity contribution in [3.05, 3.63) is 28.2 Å². The van der Waals surface area contributed by atoms with Crippen molar-refractivity contribution in [1.82, 2.24) is 10.1 Å².